The van der Waals surface area contributed by atoms with Gasteiger partial charge in [0.2, 0.25) is 0 Å². The Morgan fingerprint density at radius 1 is 1.28 bits per heavy atom. The second-order valence-electron chi connectivity index (χ2n) is 5.84. The number of ether oxygens (including phenoxy) is 1. The lowest BCUT2D eigenvalue weighted by molar-refractivity contribution is -0.238. The van der Waals surface area contributed by atoms with Crippen LogP contribution in [-0.4, -0.2) is 6.11 Å². The average Bonchev–Trinajstić information content (AvgIpc) is 2.28. The van der Waals surface area contributed by atoms with E-state index in [2.05, 4.69) is 6.92 Å². The fourth-order valence-corrected chi connectivity index (χ4v) is 3.38. The van der Waals surface area contributed by atoms with Gasteiger partial charge in [-0.3, -0.25) is 0 Å². The predicted octanol–water partition coefficient (Wildman–Crippen LogP) is 4.50. The molecule has 1 aromatic carbocycles. The maximum absolute atomic E-state index is 14.1. The van der Waals surface area contributed by atoms with Gasteiger partial charge < -0.3 is 4.74 Å². The molecule has 3 rings (SSSR count). The van der Waals surface area contributed by atoms with Gasteiger partial charge in [0.05, 0.1) is 5.92 Å². The minimum absolute atomic E-state index is 0.0412. The van der Waals surface area contributed by atoms with Crippen LogP contribution in [0.15, 0.2) is 18.2 Å². The van der Waals surface area contributed by atoms with Crippen LogP contribution >= 0.6 is 0 Å². The minimum Gasteiger partial charge on any atom is -0.432 e. The number of hydrogen-bond donors (Lipinski definition) is 0. The molecular formula is C15H18F2O. The van der Waals surface area contributed by atoms with E-state index in [1.165, 1.54) is 0 Å². The van der Waals surface area contributed by atoms with Crippen LogP contribution in [0.25, 0.3) is 0 Å². The summed E-state index contributed by atoms with van der Waals surface area (Å²) in [4.78, 5) is 0. The molecule has 1 aliphatic carbocycles. The van der Waals surface area contributed by atoms with Crippen molar-refractivity contribution in [3.05, 3.63) is 29.3 Å². The largest absolute Gasteiger partial charge is 0.432 e. The smallest absolute Gasteiger partial charge is 0.401 e. The van der Waals surface area contributed by atoms with Gasteiger partial charge in [0.25, 0.3) is 0 Å². The van der Waals surface area contributed by atoms with Crippen LogP contribution in [0.5, 0.6) is 5.75 Å². The van der Waals surface area contributed by atoms with E-state index in [4.69, 9.17) is 4.74 Å². The van der Waals surface area contributed by atoms with Crippen molar-refractivity contribution in [2.24, 2.45) is 11.8 Å². The summed E-state index contributed by atoms with van der Waals surface area (Å²) in [6.45, 7) is 3.95. The molecule has 1 aliphatic heterocycles. The molecule has 3 unspecified atom stereocenters. The zero-order valence-electron chi connectivity index (χ0n) is 10.7. The molecule has 1 nitrogen and oxygen atoms in total. The Morgan fingerprint density at radius 3 is 2.83 bits per heavy atom. The molecule has 0 radical (unpaired) electrons. The maximum atomic E-state index is 14.1. The van der Waals surface area contributed by atoms with Crippen molar-refractivity contribution >= 4 is 0 Å². The first-order valence-electron chi connectivity index (χ1n) is 6.65. The molecule has 1 heterocycles. The number of aryl methyl sites for hydroxylation is 1. The Balaban J connectivity index is 2.05. The summed E-state index contributed by atoms with van der Waals surface area (Å²) < 4.78 is 33.2. The fourth-order valence-electron chi connectivity index (χ4n) is 3.38. The highest BCUT2D eigenvalue weighted by atomic mass is 19.3. The summed E-state index contributed by atoms with van der Waals surface area (Å²) in [5.74, 6) is 0.0560. The van der Waals surface area contributed by atoms with Crippen molar-refractivity contribution < 1.29 is 13.5 Å². The van der Waals surface area contributed by atoms with Gasteiger partial charge in [-0.05, 0) is 48.8 Å². The molecule has 2 aliphatic rings. The molecule has 1 saturated carbocycles. The summed E-state index contributed by atoms with van der Waals surface area (Å²) in [5, 5.41) is 0. The Labute approximate surface area is 106 Å². The lowest BCUT2D eigenvalue weighted by Crippen LogP contribution is -2.44. The van der Waals surface area contributed by atoms with Crippen LogP contribution in [0.3, 0.4) is 0 Å². The van der Waals surface area contributed by atoms with Gasteiger partial charge >= 0.3 is 6.11 Å². The van der Waals surface area contributed by atoms with Gasteiger partial charge in [0.15, 0.2) is 0 Å². The van der Waals surface area contributed by atoms with E-state index in [0.29, 0.717) is 18.1 Å². The lowest BCUT2D eigenvalue weighted by atomic mass is 9.70. The number of rotatable bonds is 0. The lowest BCUT2D eigenvalue weighted by Gasteiger charge is -2.43. The van der Waals surface area contributed by atoms with Crippen LogP contribution < -0.4 is 4.74 Å². The number of alkyl halides is 2. The zero-order chi connectivity index (χ0) is 12.9. The molecule has 0 N–H and O–H groups in total. The third kappa shape index (κ3) is 1.80. The van der Waals surface area contributed by atoms with E-state index < -0.39 is 12.0 Å². The molecule has 0 bridgehead atoms. The second kappa shape index (κ2) is 3.94. The fraction of sp³-hybridized carbons (Fsp3) is 0.600. The van der Waals surface area contributed by atoms with Crippen LogP contribution in [0.1, 0.15) is 43.2 Å². The first-order valence-corrected chi connectivity index (χ1v) is 6.65. The van der Waals surface area contributed by atoms with Gasteiger partial charge in [-0.2, -0.15) is 8.78 Å². The molecule has 3 atom stereocenters. The van der Waals surface area contributed by atoms with Gasteiger partial charge in [-0.25, -0.2) is 0 Å². The molecule has 1 fully saturated rings. The number of halogens is 2. The summed E-state index contributed by atoms with van der Waals surface area (Å²) in [6.07, 6.45) is -0.573. The Morgan fingerprint density at radius 2 is 2.06 bits per heavy atom. The monoisotopic (exact) mass is 252 g/mol. The molecule has 3 heteroatoms. The van der Waals surface area contributed by atoms with Crippen molar-refractivity contribution in [1.29, 1.82) is 0 Å². The van der Waals surface area contributed by atoms with Crippen molar-refractivity contribution in [3.8, 4) is 5.75 Å². The first-order chi connectivity index (χ1) is 8.47. The maximum Gasteiger partial charge on any atom is 0.401 e. The van der Waals surface area contributed by atoms with Crippen molar-refractivity contribution in [2.45, 2.75) is 45.1 Å². The molecule has 18 heavy (non-hydrogen) atoms. The van der Waals surface area contributed by atoms with Gasteiger partial charge in [-0.15, -0.1) is 0 Å². The Hall–Kier alpha value is -1.12. The summed E-state index contributed by atoms with van der Waals surface area (Å²) in [6, 6.07) is 5.69. The third-order valence-corrected chi connectivity index (χ3v) is 4.36. The molecule has 0 saturated heterocycles. The predicted molar refractivity (Wildman–Crippen MR) is 66.0 cm³/mol. The zero-order valence-corrected chi connectivity index (χ0v) is 10.7. The van der Waals surface area contributed by atoms with Crippen LogP contribution in [0.2, 0.25) is 0 Å². The summed E-state index contributed by atoms with van der Waals surface area (Å²) >= 11 is 0. The highest BCUT2D eigenvalue weighted by Gasteiger charge is 2.53. The highest BCUT2D eigenvalue weighted by molar-refractivity contribution is 5.42. The standard InChI is InChI=1S/C15H18F2O/c1-9-3-5-11-12-6-4-10(2)8-14(12)18-15(16,17)13(11)7-9/h4,6,8-9,11,13H,3,5,7H2,1-2H3. The van der Waals surface area contributed by atoms with Crippen LogP contribution in [-0.2, 0) is 0 Å². The van der Waals surface area contributed by atoms with Gasteiger partial charge in [0.1, 0.15) is 5.75 Å². The molecule has 0 spiro atoms. The topological polar surface area (TPSA) is 9.23 Å². The summed E-state index contributed by atoms with van der Waals surface area (Å²) in [5.41, 5.74) is 1.94. The molecule has 0 amide bonds. The van der Waals surface area contributed by atoms with Gasteiger partial charge in [-0.1, -0.05) is 25.5 Å². The third-order valence-electron chi connectivity index (χ3n) is 4.36. The van der Waals surface area contributed by atoms with E-state index >= 15 is 0 Å². The normalized spacial score (nSPS) is 33.2. The molecule has 0 aromatic heterocycles. The van der Waals surface area contributed by atoms with E-state index in [1.54, 1.807) is 6.07 Å². The van der Waals surface area contributed by atoms with Gasteiger partial charge in [0, 0.05) is 0 Å². The summed E-state index contributed by atoms with van der Waals surface area (Å²) in [7, 11) is 0. The number of fused-ring (bicyclic) bond motifs is 3. The van der Waals surface area contributed by atoms with E-state index in [9.17, 15) is 8.78 Å². The van der Waals surface area contributed by atoms with Crippen LogP contribution in [0.4, 0.5) is 8.78 Å². The Kier molecular flexibility index (Phi) is 2.61. The molecule has 98 valence electrons. The van der Waals surface area contributed by atoms with E-state index in [1.807, 2.05) is 19.1 Å². The Bertz CT molecular complexity index is 470. The highest BCUT2D eigenvalue weighted by Crippen LogP contribution is 2.53. The molecular weight excluding hydrogens is 234 g/mol. The van der Waals surface area contributed by atoms with Crippen LogP contribution in [0, 0.1) is 18.8 Å². The van der Waals surface area contributed by atoms with E-state index in [-0.39, 0.29) is 5.92 Å². The van der Waals surface area contributed by atoms with Crippen molar-refractivity contribution in [1.82, 2.24) is 0 Å². The number of hydrogen-bond acceptors (Lipinski definition) is 1. The quantitative estimate of drug-likeness (QED) is 0.660. The molecule has 1 aromatic rings. The SMILES string of the molecule is Cc1ccc2c(c1)OC(F)(F)C1CC(C)CCC21. The second-order valence-corrected chi connectivity index (χ2v) is 5.84. The minimum atomic E-state index is -3.01. The first kappa shape index (κ1) is 11.9. The van der Waals surface area contributed by atoms with Crippen molar-refractivity contribution in [3.63, 3.8) is 0 Å². The number of benzene rings is 1. The van der Waals surface area contributed by atoms with Crippen molar-refractivity contribution in [2.75, 3.05) is 0 Å². The average molecular weight is 252 g/mol. The van der Waals surface area contributed by atoms with E-state index in [0.717, 1.165) is 24.0 Å².